The van der Waals surface area contributed by atoms with Crippen molar-refractivity contribution in [1.29, 1.82) is 0 Å². The van der Waals surface area contributed by atoms with E-state index in [1.807, 2.05) is 30.3 Å². The zero-order valence-electron chi connectivity index (χ0n) is 18.1. The highest BCUT2D eigenvalue weighted by Gasteiger charge is 2.14. The maximum atomic E-state index is 12.5. The van der Waals surface area contributed by atoms with Gasteiger partial charge in [-0.15, -0.1) is 0 Å². The molecule has 0 fully saturated rings. The molecular formula is C25H28N2O4S. The summed E-state index contributed by atoms with van der Waals surface area (Å²) in [4.78, 5) is 12.6. The third kappa shape index (κ3) is 6.93. The zero-order valence-corrected chi connectivity index (χ0v) is 18.9. The Labute approximate surface area is 189 Å². The van der Waals surface area contributed by atoms with Crippen molar-refractivity contribution in [3.05, 3.63) is 90.0 Å². The minimum atomic E-state index is -3.65. The molecular weight excluding hydrogens is 424 g/mol. The van der Waals surface area contributed by atoms with Crippen molar-refractivity contribution in [2.75, 3.05) is 11.9 Å². The predicted octanol–water partition coefficient (Wildman–Crippen LogP) is 4.99. The van der Waals surface area contributed by atoms with E-state index in [2.05, 4.69) is 17.0 Å². The van der Waals surface area contributed by atoms with Crippen molar-refractivity contribution in [2.24, 2.45) is 0 Å². The van der Waals surface area contributed by atoms with Gasteiger partial charge in [-0.3, -0.25) is 4.79 Å². The van der Waals surface area contributed by atoms with Crippen LogP contribution >= 0.6 is 0 Å². The molecule has 0 aliphatic carbocycles. The van der Waals surface area contributed by atoms with Gasteiger partial charge in [0.15, 0.2) is 0 Å². The van der Waals surface area contributed by atoms with Crippen LogP contribution in [0.3, 0.4) is 0 Å². The molecule has 0 aliphatic rings. The number of hydrogen-bond donors (Lipinski definition) is 2. The molecule has 0 atom stereocenters. The molecule has 3 aromatic carbocycles. The summed E-state index contributed by atoms with van der Waals surface area (Å²) in [5.74, 6) is 0.454. The average molecular weight is 453 g/mol. The van der Waals surface area contributed by atoms with Crippen molar-refractivity contribution >= 4 is 21.6 Å². The van der Waals surface area contributed by atoms with Gasteiger partial charge in [0.1, 0.15) is 5.75 Å². The molecule has 0 aromatic heterocycles. The molecule has 3 aromatic rings. The van der Waals surface area contributed by atoms with Crippen LogP contribution in [0.5, 0.6) is 5.75 Å². The number of unbranched alkanes of at least 4 members (excludes halogenated alkanes) is 2. The minimum absolute atomic E-state index is 0.135. The number of nitrogens with one attached hydrogen (secondary N) is 2. The highest BCUT2D eigenvalue weighted by molar-refractivity contribution is 7.89. The highest BCUT2D eigenvalue weighted by Crippen LogP contribution is 2.17. The van der Waals surface area contributed by atoms with Crippen LogP contribution in [0.25, 0.3) is 0 Å². The number of anilines is 1. The number of ether oxygens (including phenoxy) is 1. The molecule has 3 rings (SSSR count). The number of sulfonamides is 1. The Balaban J connectivity index is 1.55. The van der Waals surface area contributed by atoms with E-state index in [4.69, 9.17) is 4.74 Å². The molecule has 2 N–H and O–H groups in total. The van der Waals surface area contributed by atoms with E-state index in [-0.39, 0.29) is 17.3 Å². The predicted molar refractivity (Wildman–Crippen MR) is 126 cm³/mol. The third-order valence-electron chi connectivity index (χ3n) is 4.86. The van der Waals surface area contributed by atoms with Crippen molar-refractivity contribution in [1.82, 2.24) is 4.72 Å². The lowest BCUT2D eigenvalue weighted by Crippen LogP contribution is -2.23. The van der Waals surface area contributed by atoms with Gasteiger partial charge in [-0.1, -0.05) is 50.1 Å². The summed E-state index contributed by atoms with van der Waals surface area (Å²) < 4.78 is 33.2. The molecule has 0 saturated carbocycles. The van der Waals surface area contributed by atoms with Crippen LogP contribution in [0, 0.1) is 0 Å². The summed E-state index contributed by atoms with van der Waals surface area (Å²) >= 11 is 0. The third-order valence-corrected chi connectivity index (χ3v) is 6.28. The monoisotopic (exact) mass is 452 g/mol. The molecule has 6 nitrogen and oxygen atoms in total. The lowest BCUT2D eigenvalue weighted by Gasteiger charge is -2.10. The second-order valence-electron chi connectivity index (χ2n) is 7.37. The van der Waals surface area contributed by atoms with Gasteiger partial charge in [-0.25, -0.2) is 13.1 Å². The van der Waals surface area contributed by atoms with Crippen LogP contribution in [-0.4, -0.2) is 20.9 Å². The van der Waals surface area contributed by atoms with E-state index < -0.39 is 10.0 Å². The lowest BCUT2D eigenvalue weighted by atomic mass is 10.2. The summed E-state index contributed by atoms with van der Waals surface area (Å²) in [6, 6.07) is 22.3. The summed E-state index contributed by atoms with van der Waals surface area (Å²) in [6.45, 7) is 3.01. The Hall–Kier alpha value is -3.16. The largest absolute Gasteiger partial charge is 0.494 e. The van der Waals surface area contributed by atoms with Crippen LogP contribution in [0.1, 0.15) is 42.1 Å². The van der Waals surface area contributed by atoms with Gasteiger partial charge in [0, 0.05) is 17.8 Å². The number of benzene rings is 3. The van der Waals surface area contributed by atoms with E-state index in [0.29, 0.717) is 17.9 Å². The van der Waals surface area contributed by atoms with Crippen molar-refractivity contribution < 1.29 is 17.9 Å². The molecule has 1 amide bonds. The van der Waals surface area contributed by atoms with Gasteiger partial charge >= 0.3 is 0 Å². The van der Waals surface area contributed by atoms with E-state index in [1.54, 1.807) is 36.4 Å². The molecule has 7 heteroatoms. The van der Waals surface area contributed by atoms with Crippen LogP contribution in [0.4, 0.5) is 5.69 Å². The molecule has 0 bridgehead atoms. The Kier molecular flexibility index (Phi) is 8.41. The van der Waals surface area contributed by atoms with Gasteiger partial charge in [0.05, 0.1) is 11.5 Å². The maximum Gasteiger partial charge on any atom is 0.255 e. The summed E-state index contributed by atoms with van der Waals surface area (Å²) in [5, 5.41) is 2.78. The van der Waals surface area contributed by atoms with Crippen LogP contribution in [-0.2, 0) is 16.6 Å². The Morgan fingerprint density at radius 3 is 2.22 bits per heavy atom. The Morgan fingerprint density at radius 1 is 0.875 bits per heavy atom. The smallest absolute Gasteiger partial charge is 0.255 e. The second-order valence-corrected chi connectivity index (χ2v) is 9.14. The standard InChI is InChI=1S/C25H28N2O4S/c1-2-3-7-18-31-23-14-10-21(11-15-23)25(28)27-22-12-16-24(17-13-22)32(29,30)26-19-20-8-5-4-6-9-20/h4-6,8-17,26H,2-3,7,18-19H2,1H3,(H,27,28). The lowest BCUT2D eigenvalue weighted by molar-refractivity contribution is 0.102. The molecule has 0 unspecified atom stereocenters. The normalized spacial score (nSPS) is 11.2. The molecule has 0 aliphatic heterocycles. The van der Waals surface area contributed by atoms with Crippen LogP contribution < -0.4 is 14.8 Å². The van der Waals surface area contributed by atoms with E-state index in [0.717, 1.165) is 30.6 Å². The first kappa shape index (κ1) is 23.5. The summed E-state index contributed by atoms with van der Waals surface area (Å²) in [5.41, 5.74) is 1.88. The van der Waals surface area contributed by atoms with Crippen LogP contribution in [0.15, 0.2) is 83.8 Å². The second kappa shape index (κ2) is 11.5. The fourth-order valence-corrected chi connectivity index (χ4v) is 4.04. The zero-order chi connectivity index (χ0) is 22.8. The molecule has 32 heavy (non-hydrogen) atoms. The molecule has 0 spiro atoms. The first-order chi connectivity index (χ1) is 15.5. The van der Waals surface area contributed by atoms with E-state index >= 15 is 0 Å². The fraction of sp³-hybridized carbons (Fsp3) is 0.240. The Bertz CT molecular complexity index is 1100. The summed E-state index contributed by atoms with van der Waals surface area (Å²) in [6.07, 6.45) is 3.27. The average Bonchev–Trinajstić information content (AvgIpc) is 2.82. The van der Waals surface area contributed by atoms with Crippen molar-refractivity contribution in [3.8, 4) is 5.75 Å². The SMILES string of the molecule is CCCCCOc1ccc(C(=O)Nc2ccc(S(=O)(=O)NCc3ccccc3)cc2)cc1. The number of amides is 1. The number of carbonyl (C=O) groups excluding carboxylic acids is 1. The fourth-order valence-electron chi connectivity index (χ4n) is 3.02. The van der Waals surface area contributed by atoms with Crippen molar-refractivity contribution in [3.63, 3.8) is 0 Å². The first-order valence-corrected chi connectivity index (χ1v) is 12.1. The quantitative estimate of drug-likeness (QED) is 0.402. The van der Waals surface area contributed by atoms with Gasteiger partial charge in [0.2, 0.25) is 10.0 Å². The molecule has 168 valence electrons. The Morgan fingerprint density at radius 2 is 1.56 bits per heavy atom. The number of carbonyl (C=O) groups is 1. The topological polar surface area (TPSA) is 84.5 Å². The van der Waals surface area contributed by atoms with Gasteiger partial charge in [0.25, 0.3) is 5.91 Å². The first-order valence-electron chi connectivity index (χ1n) is 10.7. The highest BCUT2D eigenvalue weighted by atomic mass is 32.2. The van der Waals surface area contributed by atoms with Gasteiger partial charge in [-0.2, -0.15) is 0 Å². The molecule has 0 saturated heterocycles. The molecule has 0 radical (unpaired) electrons. The maximum absolute atomic E-state index is 12.5. The molecule has 0 heterocycles. The van der Waals surface area contributed by atoms with Crippen molar-refractivity contribution in [2.45, 2.75) is 37.6 Å². The van der Waals surface area contributed by atoms with Gasteiger partial charge < -0.3 is 10.1 Å². The number of hydrogen-bond acceptors (Lipinski definition) is 4. The van der Waals surface area contributed by atoms with E-state index in [9.17, 15) is 13.2 Å². The minimum Gasteiger partial charge on any atom is -0.494 e. The van der Waals surface area contributed by atoms with E-state index in [1.165, 1.54) is 12.1 Å². The summed E-state index contributed by atoms with van der Waals surface area (Å²) in [7, 11) is -3.65. The van der Waals surface area contributed by atoms with Crippen LogP contribution in [0.2, 0.25) is 0 Å². The van der Waals surface area contributed by atoms with Gasteiger partial charge in [-0.05, 0) is 60.5 Å². The number of rotatable bonds is 11.